The fraction of sp³-hybridized carbons (Fsp3) is 0.458. The summed E-state index contributed by atoms with van der Waals surface area (Å²) in [4.78, 5) is 15.1. The largest absolute Gasteiger partial charge is 0.454 e. The van der Waals surface area contributed by atoms with Gasteiger partial charge in [-0.25, -0.2) is 10.9 Å². The monoisotopic (exact) mass is 423 g/mol. The van der Waals surface area contributed by atoms with Gasteiger partial charge in [0.15, 0.2) is 11.5 Å². The number of piperidine rings is 1. The Morgan fingerprint density at radius 1 is 1.10 bits per heavy atom. The van der Waals surface area contributed by atoms with E-state index in [1.807, 2.05) is 41.3 Å². The molecule has 2 aromatic carbocycles. The van der Waals surface area contributed by atoms with Crippen LogP contribution in [0, 0.1) is 5.92 Å². The number of carbonyl (C=O) groups is 1. The standard InChI is InChI=1S/C24H29N3O4/c28-24(21-12-20(25-26-21)19-8-9-22-23(11-19)31-16-30-22)27-10-4-7-18(13-27)15-29-14-17-5-2-1-3-6-17/h1-3,5-6,8-9,11,18,20-21,25-26H,4,7,10,12-16H2. The molecule has 31 heavy (non-hydrogen) atoms. The summed E-state index contributed by atoms with van der Waals surface area (Å²) in [6, 6.07) is 16.0. The Kier molecular flexibility index (Phi) is 6.06. The summed E-state index contributed by atoms with van der Waals surface area (Å²) in [6.45, 7) is 3.16. The molecule has 7 nitrogen and oxygen atoms in total. The number of likely N-dealkylation sites (tertiary alicyclic amines) is 1. The first kappa shape index (κ1) is 20.3. The molecule has 3 heterocycles. The van der Waals surface area contributed by atoms with Gasteiger partial charge in [-0.3, -0.25) is 4.79 Å². The van der Waals surface area contributed by atoms with Crippen molar-refractivity contribution in [1.82, 2.24) is 15.8 Å². The molecular weight excluding hydrogens is 394 g/mol. The van der Waals surface area contributed by atoms with Gasteiger partial charge in [0, 0.05) is 19.1 Å². The van der Waals surface area contributed by atoms with Crippen LogP contribution in [0.1, 0.15) is 36.4 Å². The van der Waals surface area contributed by atoms with Crippen LogP contribution >= 0.6 is 0 Å². The fourth-order valence-corrected chi connectivity index (χ4v) is 4.61. The van der Waals surface area contributed by atoms with Gasteiger partial charge in [-0.2, -0.15) is 0 Å². The highest BCUT2D eigenvalue weighted by Gasteiger charge is 2.35. The average Bonchev–Trinajstić information content (AvgIpc) is 3.49. The van der Waals surface area contributed by atoms with Gasteiger partial charge in [0.1, 0.15) is 6.04 Å². The van der Waals surface area contributed by atoms with Crippen molar-refractivity contribution in [3.05, 3.63) is 59.7 Å². The van der Waals surface area contributed by atoms with E-state index in [4.69, 9.17) is 14.2 Å². The Bertz CT molecular complexity index is 907. The molecule has 5 rings (SSSR count). The molecule has 2 saturated heterocycles. The van der Waals surface area contributed by atoms with Crippen molar-refractivity contribution in [2.75, 3.05) is 26.5 Å². The molecule has 3 aliphatic rings. The van der Waals surface area contributed by atoms with Crippen LogP contribution in [0.25, 0.3) is 0 Å². The van der Waals surface area contributed by atoms with E-state index in [1.54, 1.807) is 0 Å². The molecule has 0 saturated carbocycles. The van der Waals surface area contributed by atoms with Crippen LogP contribution in [-0.4, -0.2) is 43.3 Å². The van der Waals surface area contributed by atoms with E-state index >= 15 is 0 Å². The fourth-order valence-electron chi connectivity index (χ4n) is 4.61. The molecule has 164 valence electrons. The summed E-state index contributed by atoms with van der Waals surface area (Å²) < 4.78 is 16.8. The zero-order valence-corrected chi connectivity index (χ0v) is 17.6. The minimum Gasteiger partial charge on any atom is -0.454 e. The lowest BCUT2D eigenvalue weighted by molar-refractivity contribution is -0.135. The number of rotatable bonds is 6. The average molecular weight is 424 g/mol. The summed E-state index contributed by atoms with van der Waals surface area (Å²) in [6.07, 6.45) is 2.84. The Labute approximate surface area is 182 Å². The van der Waals surface area contributed by atoms with Crippen molar-refractivity contribution in [2.45, 2.75) is 38.0 Å². The van der Waals surface area contributed by atoms with Crippen molar-refractivity contribution in [3.8, 4) is 11.5 Å². The maximum atomic E-state index is 13.1. The van der Waals surface area contributed by atoms with Gasteiger partial charge >= 0.3 is 0 Å². The Hall–Kier alpha value is -2.61. The number of benzene rings is 2. The van der Waals surface area contributed by atoms with Crippen LogP contribution in [0.5, 0.6) is 11.5 Å². The van der Waals surface area contributed by atoms with Crippen LogP contribution in [0.15, 0.2) is 48.5 Å². The third-order valence-electron chi connectivity index (χ3n) is 6.30. The molecule has 0 radical (unpaired) electrons. The third kappa shape index (κ3) is 4.69. The van der Waals surface area contributed by atoms with E-state index in [0.29, 0.717) is 25.6 Å². The Morgan fingerprint density at radius 3 is 2.87 bits per heavy atom. The lowest BCUT2D eigenvalue weighted by Gasteiger charge is -2.34. The van der Waals surface area contributed by atoms with Crippen LogP contribution in [0.2, 0.25) is 0 Å². The van der Waals surface area contributed by atoms with Crippen LogP contribution in [0.3, 0.4) is 0 Å². The lowest BCUT2D eigenvalue weighted by Crippen LogP contribution is -2.49. The first-order valence-electron chi connectivity index (χ1n) is 11.1. The van der Waals surface area contributed by atoms with Gasteiger partial charge in [0.05, 0.1) is 13.2 Å². The minimum atomic E-state index is -0.223. The van der Waals surface area contributed by atoms with Crippen molar-refractivity contribution in [3.63, 3.8) is 0 Å². The Morgan fingerprint density at radius 2 is 1.97 bits per heavy atom. The number of hydrazine groups is 1. The second-order valence-electron chi connectivity index (χ2n) is 8.54. The van der Waals surface area contributed by atoms with Gasteiger partial charge in [-0.1, -0.05) is 36.4 Å². The highest BCUT2D eigenvalue weighted by molar-refractivity contribution is 5.82. The van der Waals surface area contributed by atoms with Crippen LogP contribution in [-0.2, 0) is 16.1 Å². The molecular formula is C24H29N3O4. The van der Waals surface area contributed by atoms with E-state index in [0.717, 1.165) is 43.0 Å². The van der Waals surface area contributed by atoms with Gasteiger partial charge in [-0.15, -0.1) is 0 Å². The first-order chi connectivity index (χ1) is 15.3. The number of hydrogen-bond acceptors (Lipinski definition) is 6. The molecule has 2 fully saturated rings. The number of carbonyl (C=O) groups excluding carboxylic acids is 1. The van der Waals surface area contributed by atoms with Gasteiger partial charge in [0.25, 0.3) is 0 Å². The third-order valence-corrected chi connectivity index (χ3v) is 6.30. The summed E-state index contributed by atoms with van der Waals surface area (Å²) in [5.74, 6) is 2.10. The SMILES string of the molecule is O=C(C1CC(c2ccc3c(c2)OCO3)NN1)N1CCCC(COCc2ccccc2)C1. The molecule has 0 bridgehead atoms. The maximum absolute atomic E-state index is 13.1. The molecule has 0 aromatic heterocycles. The molecule has 2 aromatic rings. The number of ether oxygens (including phenoxy) is 3. The summed E-state index contributed by atoms with van der Waals surface area (Å²) in [5, 5.41) is 0. The van der Waals surface area contributed by atoms with E-state index in [-0.39, 0.29) is 24.8 Å². The number of hydrogen-bond donors (Lipinski definition) is 2. The highest BCUT2D eigenvalue weighted by atomic mass is 16.7. The van der Waals surface area contributed by atoms with Crippen LogP contribution in [0.4, 0.5) is 0 Å². The molecule has 0 spiro atoms. The maximum Gasteiger partial charge on any atom is 0.241 e. The van der Waals surface area contributed by atoms with E-state index in [2.05, 4.69) is 23.0 Å². The normalized spacial score (nSPS) is 25.0. The first-order valence-corrected chi connectivity index (χ1v) is 11.1. The van der Waals surface area contributed by atoms with Gasteiger partial charge in [0.2, 0.25) is 12.7 Å². The van der Waals surface area contributed by atoms with Gasteiger partial charge in [-0.05, 0) is 48.4 Å². The second kappa shape index (κ2) is 9.26. The van der Waals surface area contributed by atoms with E-state index < -0.39 is 0 Å². The van der Waals surface area contributed by atoms with Crippen molar-refractivity contribution in [2.24, 2.45) is 5.92 Å². The van der Waals surface area contributed by atoms with Crippen molar-refractivity contribution >= 4 is 5.91 Å². The molecule has 3 atom stereocenters. The molecule has 3 aliphatic heterocycles. The van der Waals surface area contributed by atoms with Crippen LogP contribution < -0.4 is 20.3 Å². The highest BCUT2D eigenvalue weighted by Crippen LogP contribution is 2.36. The van der Waals surface area contributed by atoms with Gasteiger partial charge < -0.3 is 19.1 Å². The predicted molar refractivity (Wildman–Crippen MR) is 115 cm³/mol. The number of amides is 1. The van der Waals surface area contributed by atoms with E-state index in [1.165, 1.54) is 5.56 Å². The van der Waals surface area contributed by atoms with E-state index in [9.17, 15) is 4.79 Å². The van der Waals surface area contributed by atoms with Crippen molar-refractivity contribution < 1.29 is 19.0 Å². The number of nitrogens with one attached hydrogen (secondary N) is 2. The second-order valence-corrected chi connectivity index (χ2v) is 8.54. The predicted octanol–water partition coefficient (Wildman–Crippen LogP) is 2.78. The quantitative estimate of drug-likeness (QED) is 0.745. The molecule has 7 heteroatoms. The molecule has 2 N–H and O–H groups in total. The zero-order chi connectivity index (χ0) is 21.0. The minimum absolute atomic E-state index is 0.0678. The molecule has 1 amide bonds. The number of nitrogens with zero attached hydrogens (tertiary/aromatic N) is 1. The lowest BCUT2D eigenvalue weighted by atomic mass is 9.97. The Balaban J connectivity index is 1.12. The summed E-state index contributed by atoms with van der Waals surface area (Å²) in [5.41, 5.74) is 8.76. The molecule has 0 aliphatic carbocycles. The topological polar surface area (TPSA) is 72.1 Å². The smallest absolute Gasteiger partial charge is 0.241 e. The summed E-state index contributed by atoms with van der Waals surface area (Å²) >= 11 is 0. The molecule has 3 unspecified atom stereocenters. The van der Waals surface area contributed by atoms with Crippen molar-refractivity contribution in [1.29, 1.82) is 0 Å². The zero-order valence-electron chi connectivity index (χ0n) is 17.6. The number of fused-ring (bicyclic) bond motifs is 1. The summed E-state index contributed by atoms with van der Waals surface area (Å²) in [7, 11) is 0.